The van der Waals surface area contributed by atoms with Gasteiger partial charge in [-0.2, -0.15) is 8.42 Å². The van der Waals surface area contributed by atoms with Gasteiger partial charge in [-0.3, -0.25) is 5.32 Å². The summed E-state index contributed by atoms with van der Waals surface area (Å²) in [7, 11) is -2.14. The van der Waals surface area contributed by atoms with E-state index in [4.69, 9.17) is 13.7 Å². The molecule has 8 heteroatoms. The zero-order valence-corrected chi connectivity index (χ0v) is 14.1. The van der Waals surface area contributed by atoms with Crippen molar-refractivity contribution in [2.45, 2.75) is 32.6 Å². The molecule has 0 aromatic heterocycles. The Bertz CT molecular complexity index is 603. The van der Waals surface area contributed by atoms with Crippen LogP contribution in [-0.2, 0) is 19.6 Å². The van der Waals surface area contributed by atoms with E-state index in [1.165, 1.54) is 19.2 Å². The average molecular weight is 331 g/mol. The van der Waals surface area contributed by atoms with E-state index in [0.29, 0.717) is 5.56 Å². The monoisotopic (exact) mass is 331 g/mol. The molecule has 0 spiro atoms. The molecule has 1 rings (SSSR count). The first-order valence-corrected chi connectivity index (χ1v) is 8.33. The lowest BCUT2D eigenvalue weighted by atomic mass is 10.2. The predicted octanol–water partition coefficient (Wildman–Crippen LogP) is 2.19. The van der Waals surface area contributed by atoms with Gasteiger partial charge in [0.2, 0.25) is 0 Å². The van der Waals surface area contributed by atoms with Crippen LogP contribution in [0.4, 0.5) is 4.79 Å². The molecule has 7 nitrogen and oxygen atoms in total. The van der Waals surface area contributed by atoms with Crippen molar-refractivity contribution in [2.24, 2.45) is 0 Å². The fraction of sp³-hybridized carbons (Fsp3) is 0.500. The molecule has 1 aromatic carbocycles. The van der Waals surface area contributed by atoms with Gasteiger partial charge in [0, 0.05) is 12.7 Å². The van der Waals surface area contributed by atoms with Crippen LogP contribution < -0.4 is 9.50 Å². The van der Waals surface area contributed by atoms with Gasteiger partial charge in [0.25, 0.3) is 0 Å². The maximum atomic E-state index is 11.7. The molecule has 1 amide bonds. The third-order valence-electron chi connectivity index (χ3n) is 2.31. The first kappa shape index (κ1) is 18.2. The van der Waals surface area contributed by atoms with Crippen LogP contribution in [0.3, 0.4) is 0 Å². The van der Waals surface area contributed by atoms with Crippen LogP contribution in [0, 0.1) is 0 Å². The molecule has 0 bridgehead atoms. The maximum absolute atomic E-state index is 11.7. The third kappa shape index (κ3) is 6.77. The summed E-state index contributed by atoms with van der Waals surface area (Å²) >= 11 is 0. The molecule has 1 N–H and O–H groups in total. The summed E-state index contributed by atoms with van der Waals surface area (Å²) in [6.45, 7) is 5.27. The molecule has 0 saturated heterocycles. The van der Waals surface area contributed by atoms with Gasteiger partial charge in [-0.25, -0.2) is 4.79 Å². The Morgan fingerprint density at radius 2 is 1.73 bits per heavy atom. The molecule has 0 fully saturated rings. The summed E-state index contributed by atoms with van der Waals surface area (Å²) in [6.07, 6.45) is -0.374. The number of benzene rings is 1. The topological polar surface area (TPSA) is 90.9 Å². The normalized spacial score (nSPS) is 13.3. The molecular formula is C14H21NO6S. The largest absolute Gasteiger partial charge is 0.444 e. The number of hydrogen-bond acceptors (Lipinski definition) is 6. The quantitative estimate of drug-likeness (QED) is 0.657. The molecule has 124 valence electrons. The van der Waals surface area contributed by atoms with Gasteiger partial charge < -0.3 is 13.7 Å². The zero-order valence-electron chi connectivity index (χ0n) is 13.2. The zero-order chi connectivity index (χ0) is 17.0. The molecule has 0 saturated carbocycles. The summed E-state index contributed by atoms with van der Waals surface area (Å²) in [4.78, 5) is 11.7. The fourth-order valence-corrected chi connectivity index (χ4v) is 2.03. The second-order valence-corrected chi connectivity index (χ2v) is 7.19. The van der Waals surface area contributed by atoms with Crippen molar-refractivity contribution in [1.82, 2.24) is 5.32 Å². The molecule has 0 radical (unpaired) electrons. The molecule has 22 heavy (non-hydrogen) atoms. The number of ether oxygens (including phenoxy) is 2. The lowest BCUT2D eigenvalue weighted by molar-refractivity contribution is 0.0231. The molecule has 0 heterocycles. The minimum absolute atomic E-state index is 0.179. The number of amides is 1. The summed E-state index contributed by atoms with van der Waals surface area (Å²) in [5, 5.41) is 2.56. The number of nitrogens with one attached hydrogen (secondary N) is 1. The maximum Gasteiger partial charge on any atom is 0.409 e. The van der Waals surface area contributed by atoms with E-state index in [2.05, 4.69) is 5.32 Å². The highest BCUT2D eigenvalue weighted by molar-refractivity contribution is 7.86. The van der Waals surface area contributed by atoms with E-state index in [-0.39, 0.29) is 5.75 Å². The SMILES string of the molecule is COC(NC(=O)OC(C)(C)C)c1ccc(OS(C)(=O)=O)cc1. The van der Waals surface area contributed by atoms with Gasteiger partial charge in [0.15, 0.2) is 6.23 Å². The van der Waals surface area contributed by atoms with E-state index in [9.17, 15) is 13.2 Å². The van der Waals surface area contributed by atoms with Crippen LogP contribution in [0.15, 0.2) is 24.3 Å². The summed E-state index contributed by atoms with van der Waals surface area (Å²) in [5.41, 5.74) is 0.00412. The molecule has 1 atom stereocenters. The Labute approximate surface area is 130 Å². The number of alkyl carbamates (subject to hydrolysis) is 1. The summed E-state index contributed by atoms with van der Waals surface area (Å²) < 4.78 is 37.1. The number of carbonyl (C=O) groups excluding carboxylic acids is 1. The van der Waals surface area contributed by atoms with E-state index >= 15 is 0 Å². The molecule has 1 unspecified atom stereocenters. The van der Waals surface area contributed by atoms with Crippen LogP contribution >= 0.6 is 0 Å². The Morgan fingerprint density at radius 1 is 1.18 bits per heavy atom. The van der Waals surface area contributed by atoms with Crippen LogP contribution in [0.2, 0.25) is 0 Å². The molecule has 1 aromatic rings. The van der Waals surface area contributed by atoms with Crippen molar-refractivity contribution in [3.8, 4) is 5.75 Å². The molecule has 0 aliphatic heterocycles. The minimum atomic E-state index is -3.58. The first-order chi connectivity index (χ1) is 10.00. The van der Waals surface area contributed by atoms with E-state index in [1.807, 2.05) is 0 Å². The van der Waals surface area contributed by atoms with Crippen molar-refractivity contribution in [2.75, 3.05) is 13.4 Å². The Morgan fingerprint density at radius 3 is 2.14 bits per heavy atom. The van der Waals surface area contributed by atoms with Crippen molar-refractivity contribution in [3.05, 3.63) is 29.8 Å². The number of rotatable bonds is 5. The number of carbonyl (C=O) groups is 1. The van der Waals surface area contributed by atoms with Gasteiger partial charge in [-0.15, -0.1) is 0 Å². The number of methoxy groups -OCH3 is 1. The third-order valence-corrected chi connectivity index (χ3v) is 2.81. The van der Waals surface area contributed by atoms with Crippen LogP contribution in [0.25, 0.3) is 0 Å². The summed E-state index contributed by atoms with van der Waals surface area (Å²) in [6, 6.07) is 6.12. The highest BCUT2D eigenvalue weighted by atomic mass is 32.2. The van der Waals surface area contributed by atoms with Crippen molar-refractivity contribution in [1.29, 1.82) is 0 Å². The standard InChI is InChI=1S/C14H21NO6S/c1-14(2,3)20-13(16)15-12(19-4)10-6-8-11(9-7-10)21-22(5,17)18/h6-9,12H,1-5H3,(H,15,16). The molecule has 0 aliphatic carbocycles. The number of hydrogen-bond donors (Lipinski definition) is 1. The average Bonchev–Trinajstić information content (AvgIpc) is 2.33. The van der Waals surface area contributed by atoms with Gasteiger partial charge in [-0.1, -0.05) is 12.1 Å². The molecule has 0 aliphatic rings. The minimum Gasteiger partial charge on any atom is -0.444 e. The van der Waals surface area contributed by atoms with Crippen molar-refractivity contribution >= 4 is 16.2 Å². The van der Waals surface area contributed by atoms with E-state index < -0.39 is 28.0 Å². The van der Waals surface area contributed by atoms with E-state index in [1.54, 1.807) is 32.9 Å². The first-order valence-electron chi connectivity index (χ1n) is 6.52. The van der Waals surface area contributed by atoms with Crippen LogP contribution in [-0.4, -0.2) is 33.5 Å². The van der Waals surface area contributed by atoms with Crippen molar-refractivity contribution in [3.63, 3.8) is 0 Å². The van der Waals surface area contributed by atoms with Gasteiger partial charge in [0.05, 0.1) is 6.26 Å². The Balaban J connectivity index is 2.77. The highest BCUT2D eigenvalue weighted by Crippen LogP contribution is 2.20. The highest BCUT2D eigenvalue weighted by Gasteiger charge is 2.20. The van der Waals surface area contributed by atoms with Crippen LogP contribution in [0.1, 0.15) is 32.6 Å². The smallest absolute Gasteiger partial charge is 0.409 e. The lowest BCUT2D eigenvalue weighted by Crippen LogP contribution is -2.35. The second kappa shape index (κ2) is 6.97. The van der Waals surface area contributed by atoms with Gasteiger partial charge in [-0.05, 0) is 32.9 Å². The van der Waals surface area contributed by atoms with Crippen LogP contribution in [0.5, 0.6) is 5.75 Å². The Kier molecular flexibility index (Phi) is 5.78. The molecular weight excluding hydrogens is 310 g/mol. The van der Waals surface area contributed by atoms with E-state index in [0.717, 1.165) is 6.26 Å². The van der Waals surface area contributed by atoms with Crippen molar-refractivity contribution < 1.29 is 26.9 Å². The van der Waals surface area contributed by atoms with Gasteiger partial charge in [0.1, 0.15) is 11.4 Å². The predicted molar refractivity (Wildman–Crippen MR) is 81.0 cm³/mol. The summed E-state index contributed by atoms with van der Waals surface area (Å²) in [5.74, 6) is 0.179. The van der Waals surface area contributed by atoms with Gasteiger partial charge >= 0.3 is 16.2 Å². The fourth-order valence-electron chi connectivity index (χ4n) is 1.57. The Hall–Kier alpha value is -1.80. The lowest BCUT2D eigenvalue weighted by Gasteiger charge is -2.23. The second-order valence-electron chi connectivity index (χ2n) is 5.62.